The largest absolute Gasteiger partial charge is 0.507 e. The van der Waals surface area contributed by atoms with Crippen LogP contribution in [-0.4, -0.2) is 125 Å². The number of esters is 1. The summed E-state index contributed by atoms with van der Waals surface area (Å²) in [6, 6.07) is 3.45. The van der Waals surface area contributed by atoms with Crippen molar-refractivity contribution in [1.29, 1.82) is 0 Å². The molecule has 5 unspecified atom stereocenters. The molecule has 60 heavy (non-hydrogen) atoms. The number of amides is 1. The number of unbranched alkanes of at least 4 members (excludes halogenated alkanes) is 1. The zero-order chi connectivity index (χ0) is 44.1. The number of hydrogen-bond donors (Lipinski definition) is 7. The molecule has 0 spiro atoms. The number of nitrogens with two attached hydrogens (primary N) is 1. The summed E-state index contributed by atoms with van der Waals surface area (Å²) < 4.78 is 22.3. The number of aromatic hydroxyl groups is 2. The molecule has 1 amide bonds. The van der Waals surface area contributed by atoms with Crippen LogP contribution in [0.3, 0.4) is 0 Å². The van der Waals surface area contributed by atoms with Crippen LogP contribution in [0.25, 0.3) is 0 Å². The molecule has 0 bridgehead atoms. The van der Waals surface area contributed by atoms with Crippen molar-refractivity contribution in [1.82, 2.24) is 10.6 Å². The first-order chi connectivity index (χ1) is 28.4. The molecule has 1 saturated heterocycles. The SMILES string of the molecule is COc1cccc2c1C(=O)c1c(O)c3c(c(O)c1C2=O)CC(O)(C(=O)COC(=O)CNC(=O)CCC(=O)CNCCCC[C@@H](C)C(C)=O)C[C@H]3OC1CC(N)C(O)C(C)O1. The Morgan fingerprint density at radius 2 is 1.73 bits per heavy atom. The average molecular weight is 840 g/mol. The second-order valence-corrected chi connectivity index (χ2v) is 15.7. The molecule has 2 aromatic carbocycles. The number of phenols is 2. The van der Waals surface area contributed by atoms with Gasteiger partial charge in [-0.3, -0.25) is 33.6 Å². The number of nitrogens with one attached hydrogen (secondary N) is 2. The van der Waals surface area contributed by atoms with Crippen LogP contribution >= 0.6 is 0 Å². The van der Waals surface area contributed by atoms with Gasteiger partial charge in [-0.2, -0.15) is 0 Å². The van der Waals surface area contributed by atoms with E-state index in [2.05, 4.69) is 10.6 Å². The molecule has 2 aliphatic carbocycles. The second-order valence-electron chi connectivity index (χ2n) is 15.7. The number of carbonyl (C=O) groups excluding carboxylic acids is 7. The number of carbonyl (C=O) groups is 7. The predicted molar refractivity (Wildman–Crippen MR) is 209 cm³/mol. The summed E-state index contributed by atoms with van der Waals surface area (Å²) in [5.74, 6) is -5.97. The van der Waals surface area contributed by atoms with E-state index in [1.165, 1.54) is 25.3 Å². The molecule has 5 rings (SSSR count). The highest BCUT2D eigenvalue weighted by atomic mass is 16.7. The Hall–Kier alpha value is -5.11. The van der Waals surface area contributed by atoms with Crippen molar-refractivity contribution in [3.05, 3.63) is 51.6 Å². The zero-order valence-electron chi connectivity index (χ0n) is 34.0. The maximum absolute atomic E-state index is 13.9. The molecule has 18 heteroatoms. The van der Waals surface area contributed by atoms with Crippen molar-refractivity contribution in [2.45, 2.75) is 108 Å². The topological polar surface area (TPSA) is 287 Å². The fourth-order valence-electron chi connectivity index (χ4n) is 7.67. The van der Waals surface area contributed by atoms with Gasteiger partial charge in [0.1, 0.15) is 41.0 Å². The lowest BCUT2D eigenvalue weighted by Crippen LogP contribution is -2.53. The van der Waals surface area contributed by atoms with E-state index in [0.717, 1.165) is 19.3 Å². The Labute approximate surface area is 346 Å². The number of ketones is 5. The summed E-state index contributed by atoms with van der Waals surface area (Å²) in [6.07, 6.45) is -3.83. The van der Waals surface area contributed by atoms with E-state index in [0.29, 0.717) is 6.54 Å². The molecule has 3 aliphatic rings. The van der Waals surface area contributed by atoms with E-state index in [1.807, 2.05) is 6.92 Å². The Balaban J connectivity index is 1.25. The molecule has 0 aromatic heterocycles. The molecular formula is C42H53N3O15. The van der Waals surface area contributed by atoms with E-state index < -0.39 is 114 Å². The van der Waals surface area contributed by atoms with Crippen LogP contribution in [0.4, 0.5) is 0 Å². The van der Waals surface area contributed by atoms with Crippen LogP contribution in [0.5, 0.6) is 17.2 Å². The van der Waals surface area contributed by atoms with Crippen LogP contribution in [0.1, 0.15) is 115 Å². The number of Topliss-reactive ketones (excluding diaryl/α,β-unsaturated/α-hetero) is 3. The van der Waals surface area contributed by atoms with Crippen LogP contribution in [0.15, 0.2) is 18.2 Å². The van der Waals surface area contributed by atoms with Gasteiger partial charge in [0.25, 0.3) is 0 Å². The summed E-state index contributed by atoms with van der Waals surface area (Å²) in [7, 11) is 1.30. The number of aliphatic hydroxyl groups excluding tert-OH is 1. The maximum atomic E-state index is 13.9. The highest BCUT2D eigenvalue weighted by Crippen LogP contribution is 2.52. The van der Waals surface area contributed by atoms with Crippen molar-refractivity contribution in [3.63, 3.8) is 0 Å². The Morgan fingerprint density at radius 3 is 2.42 bits per heavy atom. The Kier molecular flexibility index (Phi) is 15.0. The van der Waals surface area contributed by atoms with Crippen molar-refractivity contribution in [2.24, 2.45) is 11.7 Å². The molecule has 326 valence electrons. The van der Waals surface area contributed by atoms with Crippen molar-refractivity contribution < 1.29 is 72.9 Å². The third kappa shape index (κ3) is 10.1. The third-order valence-corrected chi connectivity index (χ3v) is 11.3. The molecule has 8 N–H and O–H groups in total. The Morgan fingerprint density at radius 1 is 1.02 bits per heavy atom. The molecule has 18 nitrogen and oxygen atoms in total. The fraction of sp³-hybridized carbons (Fsp3) is 0.548. The Bertz CT molecular complexity index is 2020. The quantitative estimate of drug-likeness (QED) is 0.0504. The monoisotopic (exact) mass is 839 g/mol. The van der Waals surface area contributed by atoms with E-state index in [4.69, 9.17) is 24.7 Å². The van der Waals surface area contributed by atoms with E-state index in [1.54, 1.807) is 13.8 Å². The number of methoxy groups -OCH3 is 1. The molecular weight excluding hydrogens is 786 g/mol. The van der Waals surface area contributed by atoms with Crippen molar-refractivity contribution in [2.75, 3.05) is 33.4 Å². The number of hydrogen-bond acceptors (Lipinski definition) is 17. The standard InChI is InChI=1S/C42H53N3O15/c1-20(21(2)46)8-5-6-13-44-17-23(47)11-12-30(49)45-18-31(50)58-19-29(48)42(56)15-25-34(28(16-42)60-32-14-26(43)37(51)22(3)59-32)41(55)36-35(39(25)53)38(52)24-9-7-10-27(57-4)33(24)40(36)54/h7,9-10,20,22,26,28,32,37,44,51,53,55-56H,5-6,8,11-19,43H2,1-4H3,(H,45,49)/t20-,22?,26?,28-,32?,37?,42?/m1/s1. The summed E-state index contributed by atoms with van der Waals surface area (Å²) in [5, 5.41) is 51.0. The van der Waals surface area contributed by atoms with Crippen LogP contribution in [0, 0.1) is 5.92 Å². The first-order valence-electron chi connectivity index (χ1n) is 19.9. The van der Waals surface area contributed by atoms with Gasteiger partial charge in [0.15, 0.2) is 18.7 Å². The number of ether oxygens (including phenoxy) is 4. The molecule has 1 fully saturated rings. The van der Waals surface area contributed by atoms with Crippen LogP contribution < -0.4 is 21.1 Å². The summed E-state index contributed by atoms with van der Waals surface area (Å²) in [6.45, 7) is 3.95. The van der Waals surface area contributed by atoms with E-state index in [9.17, 15) is 54.0 Å². The molecule has 1 aliphatic heterocycles. The summed E-state index contributed by atoms with van der Waals surface area (Å²) in [5.41, 5.74) is 1.79. The summed E-state index contributed by atoms with van der Waals surface area (Å²) >= 11 is 0. The van der Waals surface area contributed by atoms with Gasteiger partial charge in [0, 0.05) is 60.8 Å². The number of benzene rings is 2. The number of fused-ring (bicyclic) bond motifs is 3. The highest BCUT2D eigenvalue weighted by Gasteiger charge is 2.50. The minimum atomic E-state index is -2.45. The summed E-state index contributed by atoms with van der Waals surface area (Å²) in [4.78, 5) is 89.9. The van der Waals surface area contributed by atoms with E-state index in [-0.39, 0.29) is 71.3 Å². The second kappa shape index (κ2) is 19.5. The van der Waals surface area contributed by atoms with Crippen LogP contribution in [0.2, 0.25) is 0 Å². The van der Waals surface area contributed by atoms with Gasteiger partial charge in [-0.1, -0.05) is 25.5 Å². The van der Waals surface area contributed by atoms with Gasteiger partial charge in [0.2, 0.25) is 17.5 Å². The van der Waals surface area contributed by atoms with Gasteiger partial charge in [-0.15, -0.1) is 0 Å². The molecule has 7 atom stereocenters. The van der Waals surface area contributed by atoms with Crippen molar-refractivity contribution >= 4 is 40.8 Å². The minimum Gasteiger partial charge on any atom is -0.507 e. The molecule has 0 saturated carbocycles. The fourth-order valence-corrected chi connectivity index (χ4v) is 7.67. The minimum absolute atomic E-state index is 0.00582. The van der Waals surface area contributed by atoms with Gasteiger partial charge in [-0.25, -0.2) is 0 Å². The van der Waals surface area contributed by atoms with Gasteiger partial charge < -0.3 is 55.7 Å². The number of phenolic OH excluding ortho intramolecular Hbond substituents is 2. The number of rotatable bonds is 19. The maximum Gasteiger partial charge on any atom is 0.325 e. The average Bonchev–Trinajstić information content (AvgIpc) is 3.21. The lowest BCUT2D eigenvalue weighted by molar-refractivity contribution is -0.247. The van der Waals surface area contributed by atoms with Gasteiger partial charge in [-0.05, 0) is 39.3 Å². The third-order valence-electron chi connectivity index (χ3n) is 11.3. The highest BCUT2D eigenvalue weighted by molar-refractivity contribution is 6.31. The van der Waals surface area contributed by atoms with Crippen LogP contribution in [-0.2, 0) is 44.6 Å². The lowest BCUT2D eigenvalue weighted by atomic mass is 9.72. The van der Waals surface area contributed by atoms with Crippen molar-refractivity contribution in [3.8, 4) is 17.2 Å². The van der Waals surface area contributed by atoms with E-state index >= 15 is 0 Å². The first kappa shape index (κ1) is 46.0. The molecule has 2 aromatic rings. The predicted octanol–water partition coefficient (Wildman–Crippen LogP) is 1.00. The zero-order valence-corrected chi connectivity index (χ0v) is 34.0. The first-order valence-corrected chi connectivity index (χ1v) is 19.9. The number of aliphatic hydroxyl groups is 2. The molecule has 1 heterocycles. The smallest absolute Gasteiger partial charge is 0.325 e. The molecule has 0 radical (unpaired) electrons. The van der Waals surface area contributed by atoms with Gasteiger partial charge >= 0.3 is 5.97 Å². The lowest BCUT2D eigenvalue weighted by Gasteiger charge is -2.42. The van der Waals surface area contributed by atoms with Gasteiger partial charge in [0.05, 0.1) is 48.7 Å². The normalized spacial score (nSPS) is 23.8.